The lowest BCUT2D eigenvalue weighted by Gasteiger charge is -2.33. The molecule has 0 radical (unpaired) electrons. The zero-order chi connectivity index (χ0) is 19.2. The molecule has 1 unspecified atom stereocenters. The minimum Gasteiger partial charge on any atom is -0.337 e. The lowest BCUT2D eigenvalue weighted by molar-refractivity contribution is -0.133. The fraction of sp³-hybridized carbons (Fsp3) is 0.458. The van der Waals surface area contributed by atoms with Gasteiger partial charge in [0.25, 0.3) is 0 Å². The number of piperidine rings is 1. The molecule has 2 N–H and O–H groups in total. The first kappa shape index (κ1) is 19.2. The Bertz CT molecular complexity index is 756. The number of carbonyl (C=O) groups excluding carboxylic acids is 1. The van der Waals surface area contributed by atoms with Crippen LogP contribution in [0, 0.1) is 5.41 Å². The third kappa shape index (κ3) is 4.62. The van der Waals surface area contributed by atoms with Crippen LogP contribution in [0.15, 0.2) is 60.7 Å². The molecule has 1 amide bonds. The van der Waals surface area contributed by atoms with Gasteiger partial charge in [-0.05, 0) is 55.3 Å². The van der Waals surface area contributed by atoms with E-state index in [9.17, 15) is 4.79 Å². The van der Waals surface area contributed by atoms with E-state index in [4.69, 9.17) is 0 Å². The summed E-state index contributed by atoms with van der Waals surface area (Å²) in [7, 11) is 0. The predicted octanol–water partition coefficient (Wildman–Crippen LogP) is 2.99. The van der Waals surface area contributed by atoms with Crippen molar-refractivity contribution in [1.82, 2.24) is 15.5 Å². The monoisotopic (exact) mass is 377 g/mol. The standard InChI is InChI=1S/C24H31N3O/c28-23(22-17-24(19-26-22)12-14-25-15-13-24)27(18-21-9-5-2-6-10-21)16-11-20-7-3-1-4-8-20/h1-10,22,25-26H,11-19H2. The van der Waals surface area contributed by atoms with Gasteiger partial charge in [0, 0.05) is 19.6 Å². The fourth-order valence-electron chi connectivity index (χ4n) is 4.63. The normalized spacial score (nSPS) is 20.9. The molecule has 0 bridgehead atoms. The van der Waals surface area contributed by atoms with Gasteiger partial charge in [0.05, 0.1) is 6.04 Å². The van der Waals surface area contributed by atoms with Gasteiger partial charge in [0.1, 0.15) is 0 Å². The van der Waals surface area contributed by atoms with E-state index in [1.807, 2.05) is 24.3 Å². The van der Waals surface area contributed by atoms with Crippen LogP contribution in [-0.2, 0) is 17.8 Å². The molecule has 2 aromatic rings. The van der Waals surface area contributed by atoms with Crippen LogP contribution < -0.4 is 10.6 Å². The molecule has 0 aliphatic carbocycles. The molecule has 148 valence electrons. The Balaban J connectivity index is 1.45. The minimum atomic E-state index is -0.0439. The highest BCUT2D eigenvalue weighted by molar-refractivity contribution is 5.82. The van der Waals surface area contributed by atoms with Crippen molar-refractivity contribution in [2.24, 2.45) is 5.41 Å². The van der Waals surface area contributed by atoms with Crippen LogP contribution in [0.25, 0.3) is 0 Å². The maximum absolute atomic E-state index is 13.4. The molecule has 2 aliphatic rings. The van der Waals surface area contributed by atoms with E-state index in [1.54, 1.807) is 0 Å². The largest absolute Gasteiger partial charge is 0.337 e. The van der Waals surface area contributed by atoms with Gasteiger partial charge in [-0.3, -0.25) is 4.79 Å². The van der Waals surface area contributed by atoms with Crippen molar-refractivity contribution in [2.45, 2.75) is 38.3 Å². The van der Waals surface area contributed by atoms with E-state index in [-0.39, 0.29) is 11.9 Å². The number of benzene rings is 2. The quantitative estimate of drug-likeness (QED) is 0.813. The molecular formula is C24H31N3O. The second kappa shape index (κ2) is 8.89. The van der Waals surface area contributed by atoms with Gasteiger partial charge >= 0.3 is 0 Å². The second-order valence-corrected chi connectivity index (χ2v) is 8.37. The van der Waals surface area contributed by atoms with Crippen LogP contribution in [0.5, 0.6) is 0 Å². The number of carbonyl (C=O) groups is 1. The number of nitrogens with one attached hydrogen (secondary N) is 2. The highest BCUT2D eigenvalue weighted by Gasteiger charge is 2.43. The SMILES string of the molecule is O=C(C1CC2(CCNCC2)CN1)N(CCc1ccccc1)Cc1ccccc1. The maximum Gasteiger partial charge on any atom is 0.240 e. The summed E-state index contributed by atoms with van der Waals surface area (Å²) in [5, 5.41) is 7.01. The molecule has 1 spiro atoms. The molecule has 0 saturated carbocycles. The first-order valence-corrected chi connectivity index (χ1v) is 10.5. The summed E-state index contributed by atoms with van der Waals surface area (Å²) in [4.78, 5) is 15.5. The number of hydrogen-bond acceptors (Lipinski definition) is 3. The number of amides is 1. The summed E-state index contributed by atoms with van der Waals surface area (Å²) < 4.78 is 0. The summed E-state index contributed by atoms with van der Waals surface area (Å²) >= 11 is 0. The number of rotatable bonds is 6. The first-order valence-electron chi connectivity index (χ1n) is 10.5. The van der Waals surface area contributed by atoms with Gasteiger partial charge < -0.3 is 15.5 Å². The van der Waals surface area contributed by atoms with Gasteiger partial charge in [-0.15, -0.1) is 0 Å². The Labute approximate surface area is 168 Å². The van der Waals surface area contributed by atoms with Crippen molar-refractivity contribution in [3.63, 3.8) is 0 Å². The van der Waals surface area contributed by atoms with Gasteiger partial charge in [0.15, 0.2) is 0 Å². The van der Waals surface area contributed by atoms with Crippen molar-refractivity contribution in [3.05, 3.63) is 71.8 Å². The summed E-state index contributed by atoms with van der Waals surface area (Å²) in [5.41, 5.74) is 2.78. The number of hydrogen-bond donors (Lipinski definition) is 2. The second-order valence-electron chi connectivity index (χ2n) is 8.37. The van der Waals surface area contributed by atoms with Crippen LogP contribution in [0.4, 0.5) is 0 Å². The van der Waals surface area contributed by atoms with Crippen LogP contribution >= 0.6 is 0 Å². The van der Waals surface area contributed by atoms with E-state index >= 15 is 0 Å². The van der Waals surface area contributed by atoms with Crippen molar-refractivity contribution in [1.29, 1.82) is 0 Å². The van der Waals surface area contributed by atoms with Crippen molar-refractivity contribution >= 4 is 5.91 Å². The zero-order valence-electron chi connectivity index (χ0n) is 16.6. The topological polar surface area (TPSA) is 44.4 Å². The predicted molar refractivity (Wildman–Crippen MR) is 113 cm³/mol. The molecule has 4 heteroatoms. The first-order chi connectivity index (χ1) is 13.7. The third-order valence-corrected chi connectivity index (χ3v) is 6.36. The fourth-order valence-corrected chi connectivity index (χ4v) is 4.63. The van der Waals surface area contributed by atoms with Crippen LogP contribution in [-0.4, -0.2) is 43.0 Å². The van der Waals surface area contributed by atoms with Crippen molar-refractivity contribution < 1.29 is 4.79 Å². The van der Waals surface area contributed by atoms with Crippen LogP contribution in [0.2, 0.25) is 0 Å². The molecule has 1 atom stereocenters. The highest BCUT2D eigenvalue weighted by atomic mass is 16.2. The summed E-state index contributed by atoms with van der Waals surface area (Å²) in [5.74, 6) is 0.259. The minimum absolute atomic E-state index is 0.0439. The Kier molecular flexibility index (Phi) is 6.08. The van der Waals surface area contributed by atoms with Crippen LogP contribution in [0.1, 0.15) is 30.4 Å². The maximum atomic E-state index is 13.4. The van der Waals surface area contributed by atoms with Gasteiger partial charge in [-0.2, -0.15) is 0 Å². The van der Waals surface area contributed by atoms with E-state index in [0.29, 0.717) is 12.0 Å². The summed E-state index contributed by atoms with van der Waals surface area (Å²) in [6.07, 6.45) is 4.21. The average molecular weight is 378 g/mol. The molecule has 2 saturated heterocycles. The zero-order valence-corrected chi connectivity index (χ0v) is 16.6. The molecule has 0 aromatic heterocycles. The number of nitrogens with zero attached hydrogens (tertiary/aromatic N) is 1. The van der Waals surface area contributed by atoms with Gasteiger partial charge in [-0.1, -0.05) is 60.7 Å². The third-order valence-electron chi connectivity index (χ3n) is 6.36. The average Bonchev–Trinajstić information content (AvgIpc) is 3.16. The molecule has 4 rings (SSSR count). The highest BCUT2D eigenvalue weighted by Crippen LogP contribution is 2.37. The Hall–Kier alpha value is -2.17. The Morgan fingerprint density at radius 1 is 0.964 bits per heavy atom. The van der Waals surface area contributed by atoms with E-state index < -0.39 is 0 Å². The Morgan fingerprint density at radius 3 is 2.29 bits per heavy atom. The molecular weight excluding hydrogens is 346 g/mol. The Morgan fingerprint density at radius 2 is 1.61 bits per heavy atom. The molecule has 2 aromatic carbocycles. The van der Waals surface area contributed by atoms with Crippen LogP contribution in [0.3, 0.4) is 0 Å². The smallest absolute Gasteiger partial charge is 0.240 e. The lowest BCUT2D eigenvalue weighted by Crippen LogP contribution is -2.44. The van der Waals surface area contributed by atoms with Crippen molar-refractivity contribution in [2.75, 3.05) is 26.2 Å². The summed E-state index contributed by atoms with van der Waals surface area (Å²) in [6, 6.07) is 20.8. The molecule has 2 heterocycles. The van der Waals surface area contributed by atoms with E-state index in [0.717, 1.165) is 39.0 Å². The van der Waals surface area contributed by atoms with E-state index in [2.05, 4.69) is 51.9 Å². The van der Waals surface area contributed by atoms with Gasteiger partial charge in [0.2, 0.25) is 5.91 Å². The molecule has 2 fully saturated rings. The summed E-state index contributed by atoms with van der Waals surface area (Å²) in [6.45, 7) is 4.56. The molecule has 4 nitrogen and oxygen atoms in total. The van der Waals surface area contributed by atoms with Gasteiger partial charge in [-0.25, -0.2) is 0 Å². The van der Waals surface area contributed by atoms with E-state index in [1.165, 1.54) is 24.0 Å². The molecule has 2 aliphatic heterocycles. The molecule has 28 heavy (non-hydrogen) atoms. The lowest BCUT2D eigenvalue weighted by atomic mass is 9.77. The van der Waals surface area contributed by atoms with Crippen molar-refractivity contribution in [3.8, 4) is 0 Å².